The number of carbonyl (C=O) groups excluding carboxylic acids is 2. The number of benzene rings is 2. The molecule has 37 heavy (non-hydrogen) atoms. The average Bonchev–Trinajstić information content (AvgIpc) is 3.19. The van der Waals surface area contributed by atoms with Gasteiger partial charge in [0.25, 0.3) is 11.7 Å². The molecule has 0 spiro atoms. The smallest absolute Gasteiger partial charge is 0.295 e. The molecule has 0 aliphatic carbocycles. The van der Waals surface area contributed by atoms with Crippen molar-refractivity contribution in [1.29, 1.82) is 0 Å². The van der Waals surface area contributed by atoms with Crippen molar-refractivity contribution in [2.75, 3.05) is 52.6 Å². The summed E-state index contributed by atoms with van der Waals surface area (Å²) < 4.78 is 16.5. The summed E-state index contributed by atoms with van der Waals surface area (Å²) in [7, 11) is 0. The lowest BCUT2D eigenvalue weighted by molar-refractivity contribution is -0.140. The summed E-state index contributed by atoms with van der Waals surface area (Å²) in [5, 5.41) is 11.3. The Morgan fingerprint density at radius 3 is 2.05 bits per heavy atom. The molecule has 2 aliphatic rings. The summed E-state index contributed by atoms with van der Waals surface area (Å²) in [4.78, 5) is 30.2. The largest absolute Gasteiger partial charge is 0.507 e. The Balaban J connectivity index is 1.68. The van der Waals surface area contributed by atoms with Crippen LogP contribution in [0.15, 0.2) is 79.4 Å². The predicted octanol–water partition coefficient (Wildman–Crippen LogP) is 3.57. The molecule has 8 heteroatoms. The van der Waals surface area contributed by atoms with Crippen molar-refractivity contribution in [3.8, 4) is 11.5 Å². The summed E-state index contributed by atoms with van der Waals surface area (Å²) >= 11 is 0. The minimum absolute atomic E-state index is 0.0616. The Bertz CT molecular complexity index is 1150. The SMILES string of the molecule is C=CCOc1ccc(/C(O)=C2\C(=O)C(=O)N(CCN3CCOCC3)[C@@H]2c2ccc(OCC=C)cc2)cc1. The second-order valence-corrected chi connectivity index (χ2v) is 8.74. The van der Waals surface area contributed by atoms with Crippen LogP contribution in [0.25, 0.3) is 5.76 Å². The van der Waals surface area contributed by atoms with Crippen molar-refractivity contribution in [3.63, 3.8) is 0 Å². The molecule has 1 atom stereocenters. The highest BCUT2D eigenvalue weighted by Gasteiger charge is 2.46. The van der Waals surface area contributed by atoms with Gasteiger partial charge >= 0.3 is 0 Å². The molecule has 1 amide bonds. The first kappa shape index (κ1) is 26.2. The highest BCUT2D eigenvalue weighted by atomic mass is 16.5. The van der Waals surface area contributed by atoms with Crippen LogP contribution in [0.5, 0.6) is 11.5 Å². The number of morpholine rings is 1. The molecule has 0 aromatic heterocycles. The molecule has 0 saturated carbocycles. The number of nitrogens with zero attached hydrogens (tertiary/aromatic N) is 2. The van der Waals surface area contributed by atoms with E-state index in [9.17, 15) is 14.7 Å². The normalized spacial score (nSPS) is 19.6. The van der Waals surface area contributed by atoms with Gasteiger partial charge in [0.1, 0.15) is 30.5 Å². The van der Waals surface area contributed by atoms with Crippen LogP contribution in [-0.4, -0.2) is 79.2 Å². The van der Waals surface area contributed by atoms with Crippen molar-refractivity contribution in [1.82, 2.24) is 9.80 Å². The van der Waals surface area contributed by atoms with E-state index in [1.54, 1.807) is 53.5 Å². The van der Waals surface area contributed by atoms with Gasteiger partial charge in [0.2, 0.25) is 0 Å². The van der Waals surface area contributed by atoms with Crippen molar-refractivity contribution in [2.45, 2.75) is 6.04 Å². The molecule has 2 saturated heterocycles. The zero-order valence-corrected chi connectivity index (χ0v) is 20.8. The van der Waals surface area contributed by atoms with Gasteiger partial charge in [0.15, 0.2) is 0 Å². The number of Topliss-reactive ketones (excluding diaryl/α,β-unsaturated/α-hetero) is 1. The van der Waals surface area contributed by atoms with E-state index in [1.165, 1.54) is 0 Å². The molecule has 0 radical (unpaired) electrons. The quantitative estimate of drug-likeness (QED) is 0.217. The average molecular weight is 505 g/mol. The molecule has 2 heterocycles. The third-order valence-electron chi connectivity index (χ3n) is 6.36. The van der Waals surface area contributed by atoms with Gasteiger partial charge in [-0.25, -0.2) is 0 Å². The molecular formula is C29H32N2O6. The Hall–Kier alpha value is -3.88. The Kier molecular flexibility index (Phi) is 8.77. The lowest BCUT2D eigenvalue weighted by atomic mass is 9.95. The first-order valence-electron chi connectivity index (χ1n) is 12.3. The van der Waals surface area contributed by atoms with Gasteiger partial charge in [-0.2, -0.15) is 0 Å². The summed E-state index contributed by atoms with van der Waals surface area (Å²) in [6, 6.07) is 13.2. The van der Waals surface area contributed by atoms with E-state index in [2.05, 4.69) is 18.1 Å². The zero-order chi connectivity index (χ0) is 26.2. The van der Waals surface area contributed by atoms with Gasteiger partial charge in [0.05, 0.1) is 24.8 Å². The molecule has 4 rings (SSSR count). The van der Waals surface area contributed by atoms with E-state index in [-0.39, 0.29) is 11.3 Å². The van der Waals surface area contributed by atoms with Gasteiger partial charge in [-0.05, 0) is 42.0 Å². The number of ketones is 1. The van der Waals surface area contributed by atoms with E-state index in [0.29, 0.717) is 62.1 Å². The molecule has 2 aliphatic heterocycles. The van der Waals surface area contributed by atoms with Crippen molar-refractivity contribution in [3.05, 3.63) is 90.5 Å². The van der Waals surface area contributed by atoms with Gasteiger partial charge in [-0.15, -0.1) is 0 Å². The number of amides is 1. The number of aliphatic hydroxyl groups excluding tert-OH is 1. The lowest BCUT2D eigenvalue weighted by Crippen LogP contribution is -2.42. The molecule has 1 N–H and O–H groups in total. The Morgan fingerprint density at radius 1 is 0.919 bits per heavy atom. The number of likely N-dealkylation sites (tertiary alicyclic amines) is 1. The summed E-state index contributed by atoms with van der Waals surface area (Å²) in [5.41, 5.74) is 1.19. The number of ether oxygens (including phenoxy) is 3. The molecule has 2 fully saturated rings. The molecule has 0 unspecified atom stereocenters. The summed E-state index contributed by atoms with van der Waals surface area (Å²) in [6.45, 7) is 11.8. The molecule has 194 valence electrons. The number of hydrogen-bond donors (Lipinski definition) is 1. The van der Waals surface area contributed by atoms with E-state index < -0.39 is 17.7 Å². The molecular weight excluding hydrogens is 472 g/mol. The van der Waals surface area contributed by atoms with Crippen LogP contribution >= 0.6 is 0 Å². The van der Waals surface area contributed by atoms with Gasteiger partial charge in [-0.1, -0.05) is 37.4 Å². The second-order valence-electron chi connectivity index (χ2n) is 8.74. The van der Waals surface area contributed by atoms with Crippen LogP contribution in [0.3, 0.4) is 0 Å². The van der Waals surface area contributed by atoms with Crippen LogP contribution in [0, 0.1) is 0 Å². The van der Waals surface area contributed by atoms with Crippen LogP contribution in [0.2, 0.25) is 0 Å². The number of rotatable bonds is 11. The van der Waals surface area contributed by atoms with E-state index in [4.69, 9.17) is 14.2 Å². The first-order valence-corrected chi connectivity index (χ1v) is 12.3. The lowest BCUT2D eigenvalue weighted by Gasteiger charge is -2.31. The van der Waals surface area contributed by atoms with Crippen molar-refractivity contribution >= 4 is 17.4 Å². The highest BCUT2D eigenvalue weighted by Crippen LogP contribution is 2.40. The van der Waals surface area contributed by atoms with E-state index in [1.807, 2.05) is 12.1 Å². The summed E-state index contributed by atoms with van der Waals surface area (Å²) in [6.07, 6.45) is 3.29. The van der Waals surface area contributed by atoms with Crippen LogP contribution in [0.1, 0.15) is 17.2 Å². The predicted molar refractivity (Wildman–Crippen MR) is 141 cm³/mol. The maximum Gasteiger partial charge on any atom is 0.295 e. The fraction of sp³-hybridized carbons (Fsp3) is 0.310. The number of hydrogen-bond acceptors (Lipinski definition) is 7. The van der Waals surface area contributed by atoms with Gasteiger partial charge in [-0.3, -0.25) is 14.5 Å². The fourth-order valence-corrected chi connectivity index (χ4v) is 4.45. The minimum atomic E-state index is -0.730. The van der Waals surface area contributed by atoms with Crippen molar-refractivity contribution < 1.29 is 28.9 Å². The first-order chi connectivity index (χ1) is 18.0. The topological polar surface area (TPSA) is 88.5 Å². The highest BCUT2D eigenvalue weighted by molar-refractivity contribution is 6.46. The van der Waals surface area contributed by atoms with Crippen molar-refractivity contribution in [2.24, 2.45) is 0 Å². The fourth-order valence-electron chi connectivity index (χ4n) is 4.45. The maximum atomic E-state index is 13.3. The minimum Gasteiger partial charge on any atom is -0.507 e. The van der Waals surface area contributed by atoms with Gasteiger partial charge in [0, 0.05) is 31.7 Å². The molecule has 8 nitrogen and oxygen atoms in total. The molecule has 0 bridgehead atoms. The Labute approximate surface area is 217 Å². The Morgan fingerprint density at radius 2 is 1.49 bits per heavy atom. The summed E-state index contributed by atoms with van der Waals surface area (Å²) in [5.74, 6) is -0.307. The van der Waals surface area contributed by atoms with Crippen LogP contribution < -0.4 is 9.47 Å². The molecule has 2 aromatic carbocycles. The van der Waals surface area contributed by atoms with E-state index >= 15 is 0 Å². The van der Waals surface area contributed by atoms with Crippen LogP contribution in [0.4, 0.5) is 0 Å². The van der Waals surface area contributed by atoms with E-state index in [0.717, 1.165) is 13.1 Å². The van der Waals surface area contributed by atoms with Gasteiger partial charge < -0.3 is 24.2 Å². The monoisotopic (exact) mass is 504 g/mol. The maximum absolute atomic E-state index is 13.3. The number of aliphatic hydroxyl groups is 1. The number of carbonyl (C=O) groups is 2. The second kappa shape index (κ2) is 12.4. The third-order valence-corrected chi connectivity index (χ3v) is 6.36. The van der Waals surface area contributed by atoms with Crippen LogP contribution in [-0.2, 0) is 14.3 Å². The third kappa shape index (κ3) is 6.10. The zero-order valence-electron chi connectivity index (χ0n) is 20.8. The standard InChI is InChI=1S/C29H32N2O6/c1-3-17-36-23-9-5-21(6-10-23)26-25(27(32)22-7-11-24(12-8-22)37-18-4-2)28(33)29(34)31(26)14-13-30-15-19-35-20-16-30/h3-12,26,32H,1-2,13-20H2/b27-25+/t26-/m1/s1. The molecule has 2 aromatic rings.